The number of benzene rings is 1. The molecular weight excluding hydrogens is 358 g/mol. The van der Waals surface area contributed by atoms with E-state index in [9.17, 15) is 4.79 Å². The number of nitrogens with zero attached hydrogens (tertiary/aromatic N) is 4. The summed E-state index contributed by atoms with van der Waals surface area (Å²) in [7, 11) is 0. The van der Waals surface area contributed by atoms with E-state index in [0.29, 0.717) is 17.5 Å². The molecule has 0 saturated carbocycles. The van der Waals surface area contributed by atoms with E-state index in [1.807, 2.05) is 36.1 Å². The summed E-state index contributed by atoms with van der Waals surface area (Å²) in [6, 6.07) is 7.81. The van der Waals surface area contributed by atoms with E-state index < -0.39 is 0 Å². The lowest BCUT2D eigenvalue weighted by molar-refractivity contribution is 0.0775. The second-order valence-corrected chi connectivity index (χ2v) is 7.22. The van der Waals surface area contributed by atoms with E-state index in [1.165, 1.54) is 0 Å². The second kappa shape index (κ2) is 5.72. The summed E-state index contributed by atoms with van der Waals surface area (Å²) in [5.74, 6) is 1.16. The van der Waals surface area contributed by atoms with Crippen LogP contribution in [0, 0.1) is 18.8 Å². The zero-order valence-corrected chi connectivity index (χ0v) is 14.5. The van der Waals surface area contributed by atoms with Crippen molar-refractivity contribution in [3.05, 3.63) is 40.1 Å². The zero-order valence-electron chi connectivity index (χ0n) is 12.9. The number of hydrogen-bond acceptors (Lipinski definition) is 4. The van der Waals surface area contributed by atoms with Gasteiger partial charge in [0.1, 0.15) is 0 Å². The number of fused-ring (bicyclic) bond motifs is 1. The van der Waals surface area contributed by atoms with Crippen LogP contribution in [-0.2, 0) is 0 Å². The second-order valence-electron chi connectivity index (χ2n) is 6.30. The molecule has 120 valence electrons. The number of amides is 1. The highest BCUT2D eigenvalue weighted by Crippen LogP contribution is 2.28. The Morgan fingerprint density at radius 1 is 1.30 bits per heavy atom. The average Bonchev–Trinajstić information content (AvgIpc) is 3.20. The van der Waals surface area contributed by atoms with E-state index in [4.69, 9.17) is 0 Å². The monoisotopic (exact) mass is 375 g/mol. The molecule has 2 aliphatic heterocycles. The molecule has 0 aliphatic carbocycles. The molecule has 7 heteroatoms. The highest BCUT2D eigenvalue weighted by molar-refractivity contribution is 9.10. The number of hydrogen-bond donors (Lipinski definition) is 1. The fourth-order valence-corrected chi connectivity index (χ4v) is 3.94. The Labute approximate surface area is 143 Å². The molecule has 0 spiro atoms. The standard InChI is InChI=1S/C16H18BrN5O/c1-10-15(16(23)21-8-11-6-18-7-12(11)9-21)19-20-22(10)14-4-2-3-13(17)5-14/h2-5,11-12,18H,6-9H2,1H3/t11-,12+. The van der Waals surface area contributed by atoms with Gasteiger partial charge in [-0.3, -0.25) is 4.79 Å². The predicted octanol–water partition coefficient (Wildman–Crippen LogP) is 1.63. The van der Waals surface area contributed by atoms with Crippen LogP contribution in [-0.4, -0.2) is 52.0 Å². The number of halogens is 1. The normalized spacial score (nSPS) is 23.3. The Bertz CT molecular complexity index is 747. The highest BCUT2D eigenvalue weighted by Gasteiger charge is 2.39. The number of likely N-dealkylation sites (tertiary alicyclic amines) is 1. The summed E-state index contributed by atoms with van der Waals surface area (Å²) < 4.78 is 2.69. The molecule has 23 heavy (non-hydrogen) atoms. The van der Waals surface area contributed by atoms with Crippen LogP contribution in [0.1, 0.15) is 16.2 Å². The van der Waals surface area contributed by atoms with Gasteiger partial charge in [0, 0.05) is 30.7 Å². The zero-order chi connectivity index (χ0) is 16.0. The van der Waals surface area contributed by atoms with E-state index in [2.05, 4.69) is 31.6 Å². The van der Waals surface area contributed by atoms with Crippen LogP contribution in [0.4, 0.5) is 0 Å². The van der Waals surface area contributed by atoms with E-state index in [1.54, 1.807) is 4.68 Å². The first-order valence-corrected chi connectivity index (χ1v) is 8.61. The molecule has 2 aliphatic rings. The van der Waals surface area contributed by atoms with E-state index >= 15 is 0 Å². The Morgan fingerprint density at radius 3 is 2.74 bits per heavy atom. The van der Waals surface area contributed by atoms with Gasteiger partial charge in [0.2, 0.25) is 0 Å². The number of carbonyl (C=O) groups is 1. The van der Waals surface area contributed by atoms with Crippen molar-refractivity contribution in [1.29, 1.82) is 0 Å². The van der Waals surface area contributed by atoms with Crippen molar-refractivity contribution in [2.45, 2.75) is 6.92 Å². The van der Waals surface area contributed by atoms with Crippen molar-refractivity contribution >= 4 is 21.8 Å². The van der Waals surface area contributed by atoms with Crippen molar-refractivity contribution in [3.8, 4) is 5.69 Å². The quantitative estimate of drug-likeness (QED) is 0.866. The molecule has 4 rings (SSSR count). The lowest BCUT2D eigenvalue weighted by Crippen LogP contribution is -2.32. The maximum Gasteiger partial charge on any atom is 0.276 e. The highest BCUT2D eigenvalue weighted by atomic mass is 79.9. The van der Waals surface area contributed by atoms with Crippen LogP contribution in [0.5, 0.6) is 0 Å². The molecule has 1 amide bonds. The molecule has 0 bridgehead atoms. The molecule has 1 aromatic heterocycles. The molecule has 3 heterocycles. The number of aromatic nitrogens is 3. The first kappa shape index (κ1) is 14.8. The maximum absolute atomic E-state index is 12.8. The molecule has 0 radical (unpaired) electrons. The lowest BCUT2D eigenvalue weighted by atomic mass is 10.0. The van der Waals surface area contributed by atoms with Crippen LogP contribution in [0.25, 0.3) is 5.69 Å². The summed E-state index contributed by atoms with van der Waals surface area (Å²) in [4.78, 5) is 14.7. The summed E-state index contributed by atoms with van der Waals surface area (Å²) >= 11 is 3.46. The Hall–Kier alpha value is -1.73. The fourth-order valence-electron chi connectivity index (χ4n) is 3.55. The summed E-state index contributed by atoms with van der Waals surface area (Å²) in [6.45, 7) is 5.56. The fraction of sp³-hybridized carbons (Fsp3) is 0.438. The van der Waals surface area contributed by atoms with Crippen molar-refractivity contribution in [2.24, 2.45) is 11.8 Å². The van der Waals surface area contributed by atoms with Crippen molar-refractivity contribution < 1.29 is 4.79 Å². The lowest BCUT2D eigenvalue weighted by Gasteiger charge is -2.16. The SMILES string of the molecule is Cc1c(C(=O)N2C[C@H]3CNC[C@H]3C2)nnn1-c1cccc(Br)c1. The van der Waals surface area contributed by atoms with Crippen LogP contribution < -0.4 is 5.32 Å². The molecule has 0 unspecified atom stereocenters. The van der Waals surface area contributed by atoms with E-state index in [-0.39, 0.29) is 5.91 Å². The Balaban J connectivity index is 1.59. The van der Waals surface area contributed by atoms with E-state index in [0.717, 1.165) is 42.0 Å². The minimum absolute atomic E-state index is 0.00172. The topological polar surface area (TPSA) is 63.1 Å². The summed E-state index contributed by atoms with van der Waals surface area (Å²) in [5.41, 5.74) is 2.13. The molecule has 2 atom stereocenters. The van der Waals surface area contributed by atoms with Gasteiger partial charge in [-0.25, -0.2) is 4.68 Å². The molecule has 2 saturated heterocycles. The van der Waals surface area contributed by atoms with Crippen LogP contribution in [0.15, 0.2) is 28.7 Å². The van der Waals surface area contributed by atoms with Gasteiger partial charge in [-0.1, -0.05) is 27.2 Å². The summed E-state index contributed by atoms with van der Waals surface area (Å²) in [5, 5.41) is 11.7. The first-order valence-electron chi connectivity index (χ1n) is 7.81. The molecule has 2 fully saturated rings. The van der Waals surface area contributed by atoms with Crippen LogP contribution >= 0.6 is 15.9 Å². The number of rotatable bonds is 2. The largest absolute Gasteiger partial charge is 0.337 e. The van der Waals surface area contributed by atoms with Gasteiger partial charge in [-0.05, 0) is 37.0 Å². The van der Waals surface area contributed by atoms with Gasteiger partial charge in [0.05, 0.1) is 11.4 Å². The van der Waals surface area contributed by atoms with Crippen LogP contribution in [0.2, 0.25) is 0 Å². The molecular formula is C16H18BrN5O. The van der Waals surface area contributed by atoms with Crippen molar-refractivity contribution in [2.75, 3.05) is 26.2 Å². The Morgan fingerprint density at radius 2 is 2.04 bits per heavy atom. The minimum Gasteiger partial charge on any atom is -0.337 e. The third-order valence-electron chi connectivity index (χ3n) is 4.83. The van der Waals surface area contributed by atoms with Crippen molar-refractivity contribution in [1.82, 2.24) is 25.2 Å². The smallest absolute Gasteiger partial charge is 0.276 e. The summed E-state index contributed by atoms with van der Waals surface area (Å²) in [6.07, 6.45) is 0. The molecule has 1 N–H and O–H groups in total. The van der Waals surface area contributed by atoms with Gasteiger partial charge in [-0.2, -0.15) is 0 Å². The average molecular weight is 376 g/mol. The molecule has 2 aromatic rings. The molecule has 6 nitrogen and oxygen atoms in total. The first-order chi connectivity index (χ1) is 11.1. The third-order valence-corrected chi connectivity index (χ3v) is 5.32. The number of nitrogens with one attached hydrogen (secondary N) is 1. The van der Waals surface area contributed by atoms with Crippen molar-refractivity contribution in [3.63, 3.8) is 0 Å². The van der Waals surface area contributed by atoms with Gasteiger partial charge >= 0.3 is 0 Å². The predicted molar refractivity (Wildman–Crippen MR) is 89.5 cm³/mol. The van der Waals surface area contributed by atoms with Gasteiger partial charge in [0.15, 0.2) is 5.69 Å². The Kier molecular flexibility index (Phi) is 3.69. The van der Waals surface area contributed by atoms with Gasteiger partial charge in [0.25, 0.3) is 5.91 Å². The minimum atomic E-state index is -0.00172. The number of carbonyl (C=O) groups excluding carboxylic acids is 1. The third kappa shape index (κ3) is 2.57. The van der Waals surface area contributed by atoms with Crippen LogP contribution in [0.3, 0.4) is 0 Å². The van der Waals surface area contributed by atoms with Gasteiger partial charge < -0.3 is 10.2 Å². The molecule has 1 aromatic carbocycles. The maximum atomic E-state index is 12.8. The van der Waals surface area contributed by atoms with Gasteiger partial charge in [-0.15, -0.1) is 5.10 Å².